The van der Waals surface area contributed by atoms with E-state index in [1.165, 1.54) is 24.3 Å². The number of carboxylic acids is 1. The molecule has 3 aromatic carbocycles. The van der Waals surface area contributed by atoms with E-state index in [-0.39, 0.29) is 11.5 Å². The van der Waals surface area contributed by atoms with Crippen molar-refractivity contribution < 1.29 is 23.9 Å². The number of piperazine rings is 1. The summed E-state index contributed by atoms with van der Waals surface area (Å²) in [4.78, 5) is 42.2. The van der Waals surface area contributed by atoms with Crippen molar-refractivity contribution in [2.45, 2.75) is 0 Å². The summed E-state index contributed by atoms with van der Waals surface area (Å²) in [5, 5.41) is 16.3. The maximum absolute atomic E-state index is 13.8. The van der Waals surface area contributed by atoms with Gasteiger partial charge in [-0.05, 0) is 73.3 Å². The van der Waals surface area contributed by atoms with Gasteiger partial charge in [-0.25, -0.2) is 9.18 Å². The molecule has 0 spiro atoms. The monoisotopic (exact) mass is 553 g/mol. The van der Waals surface area contributed by atoms with E-state index in [0.717, 1.165) is 37.1 Å². The van der Waals surface area contributed by atoms with Crippen molar-refractivity contribution in [3.63, 3.8) is 0 Å². The second kappa shape index (κ2) is 10.6. The first kappa shape index (κ1) is 26.4. The fourth-order valence-electron chi connectivity index (χ4n) is 5.31. The lowest BCUT2D eigenvalue weighted by atomic mass is 9.99. The van der Waals surface area contributed by atoms with Crippen molar-refractivity contribution in [2.75, 3.05) is 50.4 Å². The van der Waals surface area contributed by atoms with Crippen LogP contribution in [0.2, 0.25) is 0 Å². The van der Waals surface area contributed by atoms with Gasteiger partial charge in [0.05, 0.1) is 34.6 Å². The first-order valence-corrected chi connectivity index (χ1v) is 13.3. The lowest BCUT2D eigenvalue weighted by Crippen LogP contribution is -2.46. The first-order valence-electron chi connectivity index (χ1n) is 13.3. The molecular weight excluding hydrogens is 525 g/mol. The number of rotatable bonds is 6. The largest absolute Gasteiger partial charge is 0.478 e. The summed E-state index contributed by atoms with van der Waals surface area (Å²) in [5.41, 5.74) is 3.74. The minimum Gasteiger partial charge on any atom is -0.478 e. The zero-order valence-corrected chi connectivity index (χ0v) is 22.4. The van der Waals surface area contributed by atoms with E-state index in [4.69, 9.17) is 0 Å². The number of aromatic carboxylic acids is 1. The van der Waals surface area contributed by atoms with Gasteiger partial charge >= 0.3 is 5.97 Å². The van der Waals surface area contributed by atoms with Crippen LogP contribution in [0.25, 0.3) is 22.2 Å². The summed E-state index contributed by atoms with van der Waals surface area (Å²) in [7, 11) is 2.08. The van der Waals surface area contributed by atoms with Gasteiger partial charge in [0.25, 0.3) is 5.91 Å². The highest BCUT2D eigenvalue weighted by atomic mass is 19.1. The molecule has 4 aromatic rings. The smallest absolute Gasteiger partial charge is 0.335 e. The number of aromatic nitrogens is 1. The number of likely N-dealkylation sites (N-methyl/N-ethyl adjacent to an activating group) is 1. The number of nitrogens with one attached hydrogen (secondary N) is 2. The van der Waals surface area contributed by atoms with Gasteiger partial charge in [-0.3, -0.25) is 19.1 Å². The fraction of sp³-hybridized carbons (Fsp3) is 0.194. The first-order chi connectivity index (χ1) is 19.8. The molecule has 0 bridgehead atoms. The average Bonchev–Trinajstić information content (AvgIpc) is 3.53. The molecule has 0 aliphatic carbocycles. The maximum Gasteiger partial charge on any atom is 0.335 e. The van der Waals surface area contributed by atoms with E-state index in [2.05, 4.69) is 27.5 Å². The fourth-order valence-corrected chi connectivity index (χ4v) is 5.31. The van der Waals surface area contributed by atoms with Crippen LogP contribution in [0.1, 0.15) is 26.3 Å². The number of halogens is 1. The molecule has 1 amide bonds. The number of nitrogens with zero attached hydrogens (tertiary/aromatic N) is 3. The molecule has 9 nitrogen and oxygen atoms in total. The van der Waals surface area contributed by atoms with Crippen LogP contribution < -0.4 is 10.6 Å². The van der Waals surface area contributed by atoms with Crippen molar-refractivity contribution >= 4 is 51.3 Å². The van der Waals surface area contributed by atoms with Gasteiger partial charge in [0.15, 0.2) is 0 Å². The molecule has 6 rings (SSSR count). The molecule has 208 valence electrons. The second-order valence-corrected chi connectivity index (χ2v) is 10.3. The van der Waals surface area contributed by atoms with Crippen LogP contribution in [0.15, 0.2) is 72.9 Å². The number of amides is 1. The Hall–Kier alpha value is -4.80. The predicted molar refractivity (Wildman–Crippen MR) is 155 cm³/mol. The van der Waals surface area contributed by atoms with Crippen LogP contribution in [-0.2, 0) is 4.79 Å². The van der Waals surface area contributed by atoms with Crippen molar-refractivity contribution in [2.24, 2.45) is 0 Å². The number of hydrogen-bond donors (Lipinski definition) is 3. The Morgan fingerprint density at radius 3 is 2.41 bits per heavy atom. The van der Waals surface area contributed by atoms with Gasteiger partial charge in [0.2, 0.25) is 5.91 Å². The number of carbonyl (C=O) groups is 3. The molecule has 2 aliphatic heterocycles. The highest BCUT2D eigenvalue weighted by Gasteiger charge is 2.29. The molecule has 3 N–H and O–H groups in total. The molecule has 0 atom stereocenters. The number of carboxylic acid groups (broad SMARTS) is 1. The van der Waals surface area contributed by atoms with Crippen LogP contribution in [0, 0.1) is 5.82 Å². The molecular formula is C31H28FN5O4. The quantitative estimate of drug-likeness (QED) is 0.306. The van der Waals surface area contributed by atoms with E-state index < -0.39 is 17.7 Å². The van der Waals surface area contributed by atoms with E-state index in [9.17, 15) is 23.9 Å². The number of hydrogen-bond acceptors (Lipinski definition) is 6. The Kier molecular flexibility index (Phi) is 6.86. The Labute approximate surface area is 235 Å². The molecule has 1 fully saturated rings. The number of fused-ring (bicyclic) bond motifs is 2. The van der Waals surface area contributed by atoms with Crippen LogP contribution in [0.5, 0.6) is 0 Å². The molecule has 3 heterocycles. The van der Waals surface area contributed by atoms with Gasteiger partial charge in [0.1, 0.15) is 5.82 Å². The Morgan fingerprint density at radius 2 is 1.68 bits per heavy atom. The van der Waals surface area contributed by atoms with Crippen LogP contribution in [0.3, 0.4) is 0 Å². The van der Waals surface area contributed by atoms with Crippen LogP contribution in [-0.4, -0.2) is 77.0 Å². The van der Waals surface area contributed by atoms with Crippen LogP contribution >= 0.6 is 0 Å². The van der Waals surface area contributed by atoms with Crippen LogP contribution in [0.4, 0.5) is 15.8 Å². The minimum atomic E-state index is -1.10. The highest BCUT2D eigenvalue weighted by Crippen LogP contribution is 2.38. The van der Waals surface area contributed by atoms with E-state index >= 15 is 0 Å². The molecule has 1 aromatic heterocycles. The summed E-state index contributed by atoms with van der Waals surface area (Å²) in [6.07, 6.45) is 1.77. The topological polar surface area (TPSA) is 107 Å². The minimum absolute atomic E-state index is 0.000606. The predicted octanol–water partition coefficient (Wildman–Crippen LogP) is 4.30. The van der Waals surface area contributed by atoms with Crippen molar-refractivity contribution in [3.05, 3.63) is 95.4 Å². The molecule has 2 aliphatic rings. The highest BCUT2D eigenvalue weighted by molar-refractivity contribution is 6.37. The van der Waals surface area contributed by atoms with E-state index in [1.54, 1.807) is 29.0 Å². The van der Waals surface area contributed by atoms with Crippen molar-refractivity contribution in [1.29, 1.82) is 0 Å². The lowest BCUT2D eigenvalue weighted by Gasteiger charge is -2.31. The van der Waals surface area contributed by atoms with Gasteiger partial charge in [-0.2, -0.15) is 0 Å². The molecule has 1 saturated heterocycles. The standard InChI is InChI=1S/C31H28FN5O4/c1-35-12-14-36(15-13-35)18-27(38)37-11-10-20-16-23(7-9-26(20)37)33-29(19-2-5-22(32)6-3-19)28-24-8-4-21(31(40)41)17-25(24)34-30(28)39/h2-11,16-17,33H,12-15,18H2,1H3,(H,34,39)(H,40,41). The molecule has 0 radical (unpaired) electrons. The summed E-state index contributed by atoms with van der Waals surface area (Å²) < 4.78 is 15.5. The third-order valence-corrected chi connectivity index (χ3v) is 7.58. The molecule has 41 heavy (non-hydrogen) atoms. The molecule has 0 saturated carbocycles. The Bertz CT molecular complexity index is 1720. The van der Waals surface area contributed by atoms with Crippen molar-refractivity contribution in [1.82, 2.24) is 14.4 Å². The zero-order valence-electron chi connectivity index (χ0n) is 22.4. The van der Waals surface area contributed by atoms with Gasteiger partial charge in [-0.15, -0.1) is 0 Å². The van der Waals surface area contributed by atoms with E-state index in [0.29, 0.717) is 40.3 Å². The number of carbonyl (C=O) groups excluding carboxylic acids is 2. The SMILES string of the molecule is CN1CCN(CC(=O)n2ccc3cc(NC(=C4C(=O)Nc5cc(C(=O)O)ccc54)c4ccc(F)cc4)ccc32)CC1. The van der Waals surface area contributed by atoms with E-state index in [1.807, 2.05) is 24.3 Å². The number of anilines is 2. The third-order valence-electron chi connectivity index (χ3n) is 7.58. The van der Waals surface area contributed by atoms with Gasteiger partial charge < -0.3 is 20.6 Å². The Balaban J connectivity index is 1.34. The zero-order chi connectivity index (χ0) is 28.7. The van der Waals surface area contributed by atoms with Gasteiger partial charge in [-0.1, -0.05) is 6.07 Å². The maximum atomic E-state index is 13.8. The normalized spacial score (nSPS) is 16.9. The summed E-state index contributed by atoms with van der Waals surface area (Å²) in [5.74, 6) is -1.92. The summed E-state index contributed by atoms with van der Waals surface area (Å²) >= 11 is 0. The molecule has 0 unspecified atom stereocenters. The Morgan fingerprint density at radius 1 is 0.951 bits per heavy atom. The number of benzene rings is 3. The van der Waals surface area contributed by atoms with Crippen molar-refractivity contribution in [3.8, 4) is 0 Å². The second-order valence-electron chi connectivity index (χ2n) is 10.3. The lowest BCUT2D eigenvalue weighted by molar-refractivity contribution is -0.110. The average molecular weight is 554 g/mol. The van der Waals surface area contributed by atoms with Gasteiger partial charge in [0, 0.05) is 49.0 Å². The molecule has 10 heteroatoms. The summed E-state index contributed by atoms with van der Waals surface area (Å²) in [6, 6.07) is 17.7. The summed E-state index contributed by atoms with van der Waals surface area (Å²) in [6.45, 7) is 3.92. The third kappa shape index (κ3) is 5.22.